The fourth-order valence-electron chi connectivity index (χ4n) is 0.552. The van der Waals surface area contributed by atoms with Crippen molar-refractivity contribution >= 4 is 0 Å². The Morgan fingerprint density at radius 3 is 0.700 bits per heavy atom. The van der Waals surface area contributed by atoms with Crippen LogP contribution in [0.15, 0.2) is 0 Å². The highest BCUT2D eigenvalue weighted by molar-refractivity contribution is 5.02. The molecule has 0 aromatic heterocycles. The predicted molar refractivity (Wildman–Crippen MR) is 43.9 cm³/mol. The molecule has 0 atom stereocenters. The smallest absolute Gasteiger partial charge is 0.0380 e. The van der Waals surface area contributed by atoms with Crippen molar-refractivity contribution in [1.82, 2.24) is 0 Å². The molecular formula is C10H18. The first-order valence-corrected chi connectivity index (χ1v) is 4.97. The van der Waals surface area contributed by atoms with Crippen LogP contribution < -0.4 is 0 Å². The summed E-state index contributed by atoms with van der Waals surface area (Å²) in [5.74, 6) is 2.50. The highest BCUT2D eigenvalue weighted by atomic mass is 14.6. The fraction of sp³-hybridized carbons (Fsp3) is 1.00. The van der Waals surface area contributed by atoms with Gasteiger partial charge in [0, 0.05) is 0 Å². The van der Waals surface area contributed by atoms with Gasteiger partial charge in [-0.05, 0) is 24.7 Å². The SMILES string of the molecule is C1C2CC12.C1CC1.C1CC1. The maximum Gasteiger partial charge on any atom is -0.0380 e. The van der Waals surface area contributed by atoms with Gasteiger partial charge in [0.2, 0.25) is 0 Å². The summed E-state index contributed by atoms with van der Waals surface area (Å²) in [6.45, 7) is 0. The first kappa shape index (κ1) is 6.69. The molecule has 0 saturated heterocycles. The third-order valence-corrected chi connectivity index (χ3v) is 2.18. The third kappa shape index (κ3) is 3.92. The molecule has 4 saturated carbocycles. The molecule has 0 amide bonds. The molecule has 4 aliphatic carbocycles. The minimum Gasteiger partial charge on any atom is -0.0533 e. The predicted octanol–water partition coefficient (Wildman–Crippen LogP) is 3.37. The van der Waals surface area contributed by atoms with Crippen LogP contribution in [0.4, 0.5) is 0 Å². The van der Waals surface area contributed by atoms with Gasteiger partial charge >= 0.3 is 0 Å². The first-order valence-electron chi connectivity index (χ1n) is 4.97. The van der Waals surface area contributed by atoms with Gasteiger partial charge < -0.3 is 0 Å². The monoisotopic (exact) mass is 138 g/mol. The fourth-order valence-corrected chi connectivity index (χ4v) is 0.552. The summed E-state index contributed by atoms with van der Waals surface area (Å²) in [5, 5.41) is 0. The highest BCUT2D eigenvalue weighted by Crippen LogP contribution is 2.62. The molecule has 0 aromatic rings. The average Bonchev–Trinajstić information content (AvgIpc) is 2.64. The van der Waals surface area contributed by atoms with Gasteiger partial charge in [0.1, 0.15) is 0 Å². The van der Waals surface area contributed by atoms with Crippen LogP contribution in [0.3, 0.4) is 0 Å². The molecule has 4 rings (SSSR count). The van der Waals surface area contributed by atoms with E-state index in [9.17, 15) is 0 Å². The summed E-state index contributed by atoms with van der Waals surface area (Å²) >= 11 is 0. The summed E-state index contributed by atoms with van der Waals surface area (Å²) in [5.41, 5.74) is 0. The molecule has 0 bridgehead atoms. The van der Waals surface area contributed by atoms with Crippen LogP contribution in [0.2, 0.25) is 0 Å². The second-order valence-corrected chi connectivity index (χ2v) is 4.11. The zero-order chi connectivity index (χ0) is 6.81. The maximum absolute atomic E-state index is 1.58. The Morgan fingerprint density at radius 2 is 0.700 bits per heavy atom. The molecule has 4 fully saturated rings. The van der Waals surface area contributed by atoms with Gasteiger partial charge in [0.15, 0.2) is 0 Å². The van der Waals surface area contributed by atoms with Gasteiger partial charge in [0.05, 0.1) is 0 Å². The topological polar surface area (TPSA) is 0 Å². The lowest BCUT2D eigenvalue weighted by Crippen LogP contribution is -1.47. The summed E-state index contributed by atoms with van der Waals surface area (Å²) in [4.78, 5) is 0. The van der Waals surface area contributed by atoms with Crippen LogP contribution in [0.25, 0.3) is 0 Å². The normalized spacial score (nSPS) is 40.8. The van der Waals surface area contributed by atoms with Crippen molar-refractivity contribution in [2.45, 2.75) is 51.4 Å². The van der Waals surface area contributed by atoms with E-state index in [4.69, 9.17) is 0 Å². The minimum absolute atomic E-state index is 1.25. The van der Waals surface area contributed by atoms with Gasteiger partial charge in [-0.1, -0.05) is 38.5 Å². The van der Waals surface area contributed by atoms with Gasteiger partial charge in [-0.3, -0.25) is 0 Å². The average molecular weight is 138 g/mol. The van der Waals surface area contributed by atoms with E-state index in [0.29, 0.717) is 0 Å². The van der Waals surface area contributed by atoms with Gasteiger partial charge in [-0.15, -0.1) is 0 Å². The number of hydrogen-bond donors (Lipinski definition) is 0. The van der Waals surface area contributed by atoms with Crippen LogP contribution in [-0.2, 0) is 0 Å². The van der Waals surface area contributed by atoms with Crippen molar-refractivity contribution in [2.75, 3.05) is 0 Å². The van der Waals surface area contributed by atoms with Crippen molar-refractivity contribution < 1.29 is 0 Å². The molecule has 58 valence electrons. The lowest BCUT2D eigenvalue weighted by molar-refractivity contribution is 0.915. The second kappa shape index (κ2) is 2.94. The zero-order valence-electron chi connectivity index (χ0n) is 6.81. The van der Waals surface area contributed by atoms with Crippen LogP contribution in [0.5, 0.6) is 0 Å². The molecule has 10 heavy (non-hydrogen) atoms. The van der Waals surface area contributed by atoms with E-state index in [1.807, 2.05) is 0 Å². The van der Waals surface area contributed by atoms with E-state index in [0.717, 1.165) is 0 Å². The molecule has 4 aliphatic rings. The van der Waals surface area contributed by atoms with E-state index in [1.165, 1.54) is 50.4 Å². The van der Waals surface area contributed by atoms with Crippen molar-refractivity contribution in [2.24, 2.45) is 11.8 Å². The molecule has 0 unspecified atom stereocenters. The third-order valence-electron chi connectivity index (χ3n) is 2.18. The van der Waals surface area contributed by atoms with Crippen molar-refractivity contribution in [3.8, 4) is 0 Å². The zero-order valence-corrected chi connectivity index (χ0v) is 6.81. The molecule has 0 heterocycles. The quantitative estimate of drug-likeness (QED) is 0.481. The molecule has 0 aliphatic heterocycles. The molecule has 0 radical (unpaired) electrons. The van der Waals surface area contributed by atoms with Crippen molar-refractivity contribution in [3.05, 3.63) is 0 Å². The lowest BCUT2D eigenvalue weighted by Gasteiger charge is -1.60. The van der Waals surface area contributed by atoms with E-state index in [1.54, 1.807) is 12.8 Å². The van der Waals surface area contributed by atoms with Crippen LogP contribution in [0, 0.1) is 11.8 Å². The number of hydrogen-bond acceptors (Lipinski definition) is 0. The summed E-state index contributed by atoms with van der Waals surface area (Å²) < 4.78 is 0. The van der Waals surface area contributed by atoms with Crippen LogP contribution in [0.1, 0.15) is 51.4 Å². The van der Waals surface area contributed by atoms with E-state index < -0.39 is 0 Å². The van der Waals surface area contributed by atoms with E-state index in [2.05, 4.69) is 0 Å². The van der Waals surface area contributed by atoms with Gasteiger partial charge in [-0.2, -0.15) is 0 Å². The Bertz CT molecular complexity index is 79.1. The van der Waals surface area contributed by atoms with Crippen molar-refractivity contribution in [1.29, 1.82) is 0 Å². The Labute approximate surface area is 64.0 Å². The molecule has 0 aromatic carbocycles. The molecule has 0 spiro atoms. The lowest BCUT2D eigenvalue weighted by atomic mass is 10.5. The van der Waals surface area contributed by atoms with Gasteiger partial charge in [0.25, 0.3) is 0 Å². The van der Waals surface area contributed by atoms with E-state index in [-0.39, 0.29) is 0 Å². The maximum atomic E-state index is 1.58. The minimum atomic E-state index is 1.25. The standard InChI is InChI=1S/C4H6.2C3H6/c1-3-2-4(1)3;2*1-2-3-1/h3-4H,1-2H2;2*1-3H2. The Balaban J connectivity index is 0.0000000620. The van der Waals surface area contributed by atoms with E-state index >= 15 is 0 Å². The molecule has 0 N–H and O–H groups in total. The van der Waals surface area contributed by atoms with Crippen LogP contribution >= 0.6 is 0 Å². The highest BCUT2D eigenvalue weighted by Gasteiger charge is 2.52. The summed E-state index contributed by atoms with van der Waals surface area (Å²) in [6, 6.07) is 0. The Morgan fingerprint density at radius 1 is 0.500 bits per heavy atom. The number of rotatable bonds is 0. The molecule has 0 heteroatoms. The van der Waals surface area contributed by atoms with Gasteiger partial charge in [-0.25, -0.2) is 0 Å². The molecular weight excluding hydrogens is 120 g/mol. The number of fused-ring (bicyclic) bond motifs is 1. The van der Waals surface area contributed by atoms with Crippen LogP contribution in [-0.4, -0.2) is 0 Å². The Hall–Kier alpha value is 0. The summed E-state index contributed by atoms with van der Waals surface area (Å²) in [7, 11) is 0. The van der Waals surface area contributed by atoms with Crippen molar-refractivity contribution in [3.63, 3.8) is 0 Å². The second-order valence-electron chi connectivity index (χ2n) is 4.11. The Kier molecular flexibility index (Phi) is 1.97. The largest absolute Gasteiger partial charge is 0.0533 e. The molecule has 0 nitrogen and oxygen atoms in total. The first-order chi connectivity index (χ1) is 4.97. The summed E-state index contributed by atoms with van der Waals surface area (Å²) in [6.07, 6.45) is 12.2.